The molecule has 0 aromatic heterocycles. The van der Waals surface area contributed by atoms with Crippen molar-refractivity contribution in [1.82, 2.24) is 0 Å². The molecule has 0 saturated heterocycles. The van der Waals surface area contributed by atoms with E-state index in [9.17, 15) is 0 Å². The Morgan fingerprint density at radius 1 is 1.47 bits per heavy atom. The third-order valence-electron chi connectivity index (χ3n) is 2.76. The van der Waals surface area contributed by atoms with Crippen LogP contribution >= 0.6 is 0 Å². The molecule has 0 radical (unpaired) electrons. The van der Waals surface area contributed by atoms with E-state index in [-0.39, 0.29) is 6.04 Å². The molecule has 0 aliphatic heterocycles. The third kappa shape index (κ3) is 4.23. The minimum Gasteiger partial charge on any atom is -0.489 e. The van der Waals surface area contributed by atoms with Crippen LogP contribution in [0.15, 0.2) is 30.4 Å². The summed E-state index contributed by atoms with van der Waals surface area (Å²) in [6.07, 6.45) is 1.80. The molecule has 0 saturated carbocycles. The average molecular weight is 233 g/mol. The molecule has 0 aliphatic rings. The molecule has 0 amide bonds. The largest absolute Gasteiger partial charge is 0.489 e. The topological polar surface area (TPSA) is 35.2 Å². The SMILES string of the molecule is C=C(CC)COc1c(C)cccc1CC(C)N. The smallest absolute Gasteiger partial charge is 0.125 e. The van der Waals surface area contributed by atoms with Crippen LogP contribution in [0.25, 0.3) is 0 Å². The maximum atomic E-state index is 5.87. The number of ether oxygens (including phenoxy) is 1. The highest BCUT2D eigenvalue weighted by Crippen LogP contribution is 2.25. The molecule has 1 aromatic rings. The highest BCUT2D eigenvalue weighted by Gasteiger charge is 2.09. The van der Waals surface area contributed by atoms with Crippen molar-refractivity contribution >= 4 is 0 Å². The quantitative estimate of drug-likeness (QED) is 0.766. The maximum absolute atomic E-state index is 5.87. The molecule has 1 aromatic carbocycles. The van der Waals surface area contributed by atoms with Crippen LogP contribution in [0.4, 0.5) is 0 Å². The van der Waals surface area contributed by atoms with Crippen LogP contribution in [0.1, 0.15) is 31.4 Å². The normalized spacial score (nSPS) is 12.2. The monoisotopic (exact) mass is 233 g/mol. The first kappa shape index (κ1) is 13.8. The maximum Gasteiger partial charge on any atom is 0.125 e. The Kier molecular flexibility index (Phi) is 5.23. The fourth-order valence-electron chi connectivity index (χ4n) is 1.70. The van der Waals surface area contributed by atoms with Gasteiger partial charge in [0.1, 0.15) is 12.4 Å². The zero-order chi connectivity index (χ0) is 12.8. The molecule has 1 rings (SSSR count). The van der Waals surface area contributed by atoms with Gasteiger partial charge in [-0.05, 0) is 43.4 Å². The van der Waals surface area contributed by atoms with Crippen LogP contribution in [0.5, 0.6) is 5.75 Å². The van der Waals surface area contributed by atoms with Crippen molar-refractivity contribution in [1.29, 1.82) is 0 Å². The van der Waals surface area contributed by atoms with Crippen LogP contribution in [-0.2, 0) is 6.42 Å². The van der Waals surface area contributed by atoms with Gasteiger partial charge in [0.05, 0.1) is 0 Å². The molecule has 2 nitrogen and oxygen atoms in total. The predicted molar refractivity (Wildman–Crippen MR) is 73.5 cm³/mol. The summed E-state index contributed by atoms with van der Waals surface area (Å²) in [5, 5.41) is 0. The van der Waals surface area contributed by atoms with Crippen LogP contribution < -0.4 is 10.5 Å². The molecular weight excluding hydrogens is 210 g/mol. The number of hydrogen-bond acceptors (Lipinski definition) is 2. The van der Waals surface area contributed by atoms with Gasteiger partial charge in [-0.15, -0.1) is 0 Å². The lowest BCUT2D eigenvalue weighted by molar-refractivity contribution is 0.342. The predicted octanol–water partition coefficient (Wildman–Crippen LogP) is 3.23. The van der Waals surface area contributed by atoms with E-state index < -0.39 is 0 Å². The van der Waals surface area contributed by atoms with E-state index in [2.05, 4.69) is 38.6 Å². The molecule has 2 N–H and O–H groups in total. The van der Waals surface area contributed by atoms with Crippen LogP contribution in [0.2, 0.25) is 0 Å². The molecule has 0 fully saturated rings. The number of hydrogen-bond donors (Lipinski definition) is 1. The van der Waals surface area contributed by atoms with Gasteiger partial charge in [-0.3, -0.25) is 0 Å². The summed E-state index contributed by atoms with van der Waals surface area (Å²) in [7, 11) is 0. The van der Waals surface area contributed by atoms with Crippen molar-refractivity contribution in [2.45, 2.75) is 39.7 Å². The molecule has 0 bridgehead atoms. The van der Waals surface area contributed by atoms with Gasteiger partial charge in [-0.25, -0.2) is 0 Å². The minimum absolute atomic E-state index is 0.147. The van der Waals surface area contributed by atoms with E-state index in [0.717, 1.165) is 29.7 Å². The standard InChI is InChI=1S/C15H23NO/c1-5-11(2)10-17-15-12(3)7-6-8-14(15)9-13(4)16/h6-8,13H,2,5,9-10,16H2,1,3-4H3. The van der Waals surface area contributed by atoms with E-state index in [1.165, 1.54) is 5.56 Å². The Balaban J connectivity index is 2.83. The minimum atomic E-state index is 0.147. The van der Waals surface area contributed by atoms with Crippen molar-refractivity contribution < 1.29 is 4.74 Å². The van der Waals surface area contributed by atoms with E-state index in [1.807, 2.05) is 6.92 Å². The number of nitrogens with two attached hydrogens (primary N) is 1. The van der Waals surface area contributed by atoms with Gasteiger partial charge in [0.2, 0.25) is 0 Å². The zero-order valence-electron chi connectivity index (χ0n) is 11.1. The molecule has 0 aliphatic carbocycles. The highest BCUT2D eigenvalue weighted by atomic mass is 16.5. The fourth-order valence-corrected chi connectivity index (χ4v) is 1.70. The third-order valence-corrected chi connectivity index (χ3v) is 2.76. The second-order valence-corrected chi connectivity index (χ2v) is 4.64. The summed E-state index contributed by atoms with van der Waals surface area (Å²) in [5.41, 5.74) is 9.31. The Labute approximate surface area is 104 Å². The first-order chi connectivity index (χ1) is 8.04. The fraction of sp³-hybridized carbons (Fsp3) is 0.467. The molecule has 17 heavy (non-hydrogen) atoms. The van der Waals surface area contributed by atoms with Gasteiger partial charge in [0.25, 0.3) is 0 Å². The van der Waals surface area contributed by atoms with Gasteiger partial charge >= 0.3 is 0 Å². The number of para-hydroxylation sites is 1. The number of aryl methyl sites for hydroxylation is 1. The summed E-state index contributed by atoms with van der Waals surface area (Å²) in [4.78, 5) is 0. The van der Waals surface area contributed by atoms with Crippen LogP contribution in [0, 0.1) is 6.92 Å². The van der Waals surface area contributed by atoms with Gasteiger partial charge in [-0.1, -0.05) is 31.7 Å². The van der Waals surface area contributed by atoms with E-state index in [1.54, 1.807) is 0 Å². The van der Waals surface area contributed by atoms with Crippen LogP contribution in [-0.4, -0.2) is 12.6 Å². The van der Waals surface area contributed by atoms with Crippen molar-refractivity contribution in [3.05, 3.63) is 41.5 Å². The Bertz CT molecular complexity index is 383. The Hall–Kier alpha value is -1.28. The molecule has 1 atom stereocenters. The van der Waals surface area contributed by atoms with Crippen molar-refractivity contribution in [2.24, 2.45) is 5.73 Å². The van der Waals surface area contributed by atoms with Gasteiger partial charge < -0.3 is 10.5 Å². The van der Waals surface area contributed by atoms with Gasteiger partial charge in [0.15, 0.2) is 0 Å². The first-order valence-corrected chi connectivity index (χ1v) is 6.18. The molecule has 2 heteroatoms. The van der Waals surface area contributed by atoms with Crippen LogP contribution in [0.3, 0.4) is 0 Å². The molecule has 0 spiro atoms. The Morgan fingerprint density at radius 3 is 2.76 bits per heavy atom. The lowest BCUT2D eigenvalue weighted by Crippen LogP contribution is -2.18. The lowest BCUT2D eigenvalue weighted by Gasteiger charge is -2.16. The summed E-state index contributed by atoms with van der Waals surface area (Å²) in [6.45, 7) is 10.7. The van der Waals surface area contributed by atoms with E-state index in [0.29, 0.717) is 6.61 Å². The second kappa shape index (κ2) is 6.45. The van der Waals surface area contributed by atoms with Crippen molar-refractivity contribution in [3.63, 3.8) is 0 Å². The lowest BCUT2D eigenvalue weighted by atomic mass is 10.0. The summed E-state index contributed by atoms with van der Waals surface area (Å²) < 4.78 is 5.87. The second-order valence-electron chi connectivity index (χ2n) is 4.64. The molecule has 0 heterocycles. The number of rotatable bonds is 6. The van der Waals surface area contributed by atoms with E-state index >= 15 is 0 Å². The van der Waals surface area contributed by atoms with Gasteiger partial charge in [-0.2, -0.15) is 0 Å². The van der Waals surface area contributed by atoms with Crippen molar-refractivity contribution in [2.75, 3.05) is 6.61 Å². The Morgan fingerprint density at radius 2 is 2.18 bits per heavy atom. The zero-order valence-corrected chi connectivity index (χ0v) is 11.1. The summed E-state index contributed by atoms with van der Waals surface area (Å²) in [5.74, 6) is 0.972. The van der Waals surface area contributed by atoms with E-state index in [4.69, 9.17) is 10.5 Å². The average Bonchev–Trinajstić information content (AvgIpc) is 2.27. The summed E-state index contributed by atoms with van der Waals surface area (Å²) in [6, 6.07) is 6.34. The first-order valence-electron chi connectivity index (χ1n) is 6.18. The molecule has 94 valence electrons. The summed E-state index contributed by atoms with van der Waals surface area (Å²) >= 11 is 0. The van der Waals surface area contributed by atoms with Crippen molar-refractivity contribution in [3.8, 4) is 5.75 Å². The highest BCUT2D eigenvalue weighted by molar-refractivity contribution is 5.41. The number of benzene rings is 1. The molecule has 1 unspecified atom stereocenters. The van der Waals surface area contributed by atoms with Gasteiger partial charge in [0, 0.05) is 6.04 Å². The molecular formula is C15H23NO.